The van der Waals surface area contributed by atoms with Gasteiger partial charge in [-0.2, -0.15) is 9.29 Å². The van der Waals surface area contributed by atoms with E-state index in [0.29, 0.717) is 50.2 Å². The van der Waals surface area contributed by atoms with Crippen molar-refractivity contribution in [3.05, 3.63) is 52.0 Å². The molecule has 0 radical (unpaired) electrons. The van der Waals surface area contributed by atoms with Gasteiger partial charge in [-0.15, -0.1) is 0 Å². The van der Waals surface area contributed by atoms with E-state index in [4.69, 9.17) is 20.5 Å². The molecule has 0 saturated carbocycles. The third kappa shape index (κ3) is 4.01. The summed E-state index contributed by atoms with van der Waals surface area (Å²) in [6, 6.07) is 8.27. The van der Waals surface area contributed by atoms with Crippen LogP contribution in [0.25, 0.3) is 11.6 Å². The largest absolute Gasteiger partial charge is 0.461 e. The quantitative estimate of drug-likeness (QED) is 0.545. The summed E-state index contributed by atoms with van der Waals surface area (Å²) in [6.45, 7) is 2.25. The lowest BCUT2D eigenvalue weighted by molar-refractivity contribution is 0.163. The van der Waals surface area contributed by atoms with Crippen molar-refractivity contribution >= 4 is 37.6 Å². The highest BCUT2D eigenvalue weighted by Crippen LogP contribution is 2.28. The molecular weight excluding hydrogens is 472 g/mol. The van der Waals surface area contributed by atoms with Gasteiger partial charge in [0.1, 0.15) is 4.90 Å². The lowest BCUT2D eigenvalue weighted by atomic mass is 10.3. The van der Waals surface area contributed by atoms with Crippen LogP contribution in [-0.2, 0) is 16.6 Å². The van der Waals surface area contributed by atoms with E-state index in [1.165, 1.54) is 10.4 Å². The zero-order chi connectivity index (χ0) is 19.7. The predicted molar refractivity (Wildman–Crippen MR) is 105 cm³/mol. The van der Waals surface area contributed by atoms with Crippen LogP contribution in [0.5, 0.6) is 0 Å². The van der Waals surface area contributed by atoms with E-state index >= 15 is 0 Å². The Morgan fingerprint density at radius 2 is 1.96 bits per heavy atom. The Kier molecular flexibility index (Phi) is 5.57. The van der Waals surface area contributed by atoms with E-state index < -0.39 is 10.0 Å². The van der Waals surface area contributed by atoms with E-state index in [-0.39, 0.29) is 9.92 Å². The van der Waals surface area contributed by atoms with Crippen molar-refractivity contribution in [3.63, 3.8) is 0 Å². The molecule has 2 aromatic heterocycles. The Morgan fingerprint density at radius 1 is 1.18 bits per heavy atom. The highest BCUT2D eigenvalue weighted by Gasteiger charge is 2.30. The molecule has 1 aromatic carbocycles. The van der Waals surface area contributed by atoms with Gasteiger partial charge in [-0.05, 0) is 30.3 Å². The van der Waals surface area contributed by atoms with E-state index in [1.807, 2.05) is 0 Å². The molecule has 0 spiro atoms. The number of hydrogen-bond acceptors (Lipinski definition) is 7. The van der Waals surface area contributed by atoms with Crippen LogP contribution in [0.3, 0.4) is 0 Å². The molecule has 0 atom stereocenters. The Hall–Kier alpha value is -1.72. The van der Waals surface area contributed by atoms with E-state index in [1.54, 1.807) is 30.5 Å². The van der Waals surface area contributed by atoms with E-state index in [0.717, 1.165) is 4.47 Å². The highest BCUT2D eigenvalue weighted by atomic mass is 79.9. The standard InChI is InChI=1S/C17H16BrClN4O4S/c18-12-3-4-15(13(19)10-12)28(24,25)23-7-5-22(6-8-23)11-16-20-17(21-27-16)14-2-1-9-26-14/h1-4,9-10H,5-8,11H2. The van der Waals surface area contributed by atoms with Crippen LogP contribution in [0.1, 0.15) is 5.89 Å². The van der Waals surface area contributed by atoms with Gasteiger partial charge in [-0.25, -0.2) is 8.42 Å². The highest BCUT2D eigenvalue weighted by molar-refractivity contribution is 9.10. The second kappa shape index (κ2) is 7.96. The molecule has 0 amide bonds. The maximum atomic E-state index is 12.9. The van der Waals surface area contributed by atoms with Crippen molar-refractivity contribution in [3.8, 4) is 11.6 Å². The van der Waals surface area contributed by atoms with Gasteiger partial charge < -0.3 is 8.94 Å². The molecule has 0 unspecified atom stereocenters. The van der Waals surface area contributed by atoms with Crippen LogP contribution in [-0.4, -0.2) is 53.9 Å². The maximum absolute atomic E-state index is 12.9. The van der Waals surface area contributed by atoms with Gasteiger partial charge in [0.25, 0.3) is 0 Å². The molecule has 0 bridgehead atoms. The molecule has 1 fully saturated rings. The molecule has 1 saturated heterocycles. The Balaban J connectivity index is 1.39. The minimum Gasteiger partial charge on any atom is -0.461 e. The van der Waals surface area contributed by atoms with Crippen LogP contribution in [0, 0.1) is 0 Å². The summed E-state index contributed by atoms with van der Waals surface area (Å²) in [5.74, 6) is 1.39. The van der Waals surface area contributed by atoms with Crippen LogP contribution in [0.15, 0.2) is 54.9 Å². The summed E-state index contributed by atoms with van der Waals surface area (Å²) >= 11 is 9.42. The van der Waals surface area contributed by atoms with Crippen molar-refractivity contribution in [2.75, 3.05) is 26.2 Å². The lowest BCUT2D eigenvalue weighted by Gasteiger charge is -2.33. The topological polar surface area (TPSA) is 92.7 Å². The van der Waals surface area contributed by atoms with Gasteiger partial charge in [0, 0.05) is 30.7 Å². The summed E-state index contributed by atoms with van der Waals surface area (Å²) in [5.41, 5.74) is 0. The Labute approximate surface area is 175 Å². The molecule has 0 N–H and O–H groups in total. The van der Waals surface area contributed by atoms with Crippen LogP contribution >= 0.6 is 27.5 Å². The molecule has 8 nitrogen and oxygen atoms in total. The van der Waals surface area contributed by atoms with Crippen molar-refractivity contribution in [1.82, 2.24) is 19.3 Å². The molecule has 148 valence electrons. The number of nitrogens with zero attached hydrogens (tertiary/aromatic N) is 4. The summed E-state index contributed by atoms with van der Waals surface area (Å²) in [7, 11) is -3.64. The fourth-order valence-corrected chi connectivity index (χ4v) is 5.40. The van der Waals surface area contributed by atoms with Crippen LogP contribution in [0.2, 0.25) is 5.02 Å². The third-order valence-electron chi connectivity index (χ3n) is 4.41. The molecule has 4 rings (SSSR count). The fraction of sp³-hybridized carbons (Fsp3) is 0.294. The van der Waals surface area contributed by atoms with Crippen LogP contribution < -0.4 is 0 Å². The molecule has 11 heteroatoms. The smallest absolute Gasteiger partial charge is 0.244 e. The number of furan rings is 1. The van der Waals surface area contributed by atoms with Gasteiger partial charge in [0.15, 0.2) is 5.76 Å². The third-order valence-corrected chi connectivity index (χ3v) is 7.29. The zero-order valence-electron chi connectivity index (χ0n) is 14.6. The number of halogens is 2. The SMILES string of the molecule is O=S(=O)(c1ccc(Br)cc1Cl)N1CCN(Cc2nc(-c3ccco3)no2)CC1. The van der Waals surface area contributed by atoms with Gasteiger partial charge in [-0.3, -0.25) is 4.90 Å². The first-order valence-corrected chi connectivity index (χ1v) is 11.1. The first-order valence-electron chi connectivity index (χ1n) is 8.47. The van der Waals surface area contributed by atoms with Gasteiger partial charge in [0.2, 0.25) is 21.7 Å². The molecule has 0 aliphatic carbocycles. The number of hydrogen-bond donors (Lipinski definition) is 0. The molecular formula is C17H16BrClN4O4S. The number of piperazine rings is 1. The molecule has 3 aromatic rings. The average Bonchev–Trinajstić information content (AvgIpc) is 3.33. The molecule has 3 heterocycles. The number of rotatable bonds is 5. The molecule has 1 aliphatic heterocycles. The van der Waals surface area contributed by atoms with Crippen molar-refractivity contribution in [2.45, 2.75) is 11.4 Å². The number of sulfonamides is 1. The Morgan fingerprint density at radius 3 is 2.64 bits per heavy atom. The van der Waals surface area contributed by atoms with Gasteiger partial charge >= 0.3 is 0 Å². The number of aromatic nitrogens is 2. The summed E-state index contributed by atoms with van der Waals surface area (Å²) in [4.78, 5) is 6.50. The monoisotopic (exact) mass is 486 g/mol. The average molecular weight is 488 g/mol. The normalized spacial score (nSPS) is 16.5. The number of benzene rings is 1. The van der Waals surface area contributed by atoms with Crippen molar-refractivity contribution in [1.29, 1.82) is 0 Å². The summed E-state index contributed by atoms with van der Waals surface area (Å²) in [6.07, 6.45) is 1.54. The van der Waals surface area contributed by atoms with Crippen LogP contribution in [0.4, 0.5) is 0 Å². The maximum Gasteiger partial charge on any atom is 0.244 e. The predicted octanol–water partition coefficient (Wildman–Crippen LogP) is 3.25. The first kappa shape index (κ1) is 19.6. The first-order chi connectivity index (χ1) is 13.4. The van der Waals surface area contributed by atoms with Crippen molar-refractivity contribution in [2.24, 2.45) is 0 Å². The van der Waals surface area contributed by atoms with Gasteiger partial charge in [-0.1, -0.05) is 32.7 Å². The Bertz CT molecular complexity index is 1060. The summed E-state index contributed by atoms with van der Waals surface area (Å²) in [5, 5.41) is 4.11. The fourth-order valence-electron chi connectivity index (χ4n) is 2.97. The molecule has 1 aliphatic rings. The van der Waals surface area contributed by atoms with Gasteiger partial charge in [0.05, 0.1) is 17.8 Å². The second-order valence-corrected chi connectivity index (χ2v) is 9.47. The zero-order valence-corrected chi connectivity index (χ0v) is 17.7. The lowest BCUT2D eigenvalue weighted by Crippen LogP contribution is -2.48. The van der Waals surface area contributed by atoms with E-state index in [2.05, 4.69) is 31.0 Å². The van der Waals surface area contributed by atoms with E-state index in [9.17, 15) is 8.42 Å². The molecule has 28 heavy (non-hydrogen) atoms. The minimum atomic E-state index is -3.64. The van der Waals surface area contributed by atoms with Crippen molar-refractivity contribution < 1.29 is 17.4 Å². The minimum absolute atomic E-state index is 0.116. The second-order valence-electron chi connectivity index (χ2n) is 6.24. The summed E-state index contributed by atoms with van der Waals surface area (Å²) < 4.78 is 38.4.